The molecular weight excluding hydrogens is 640 g/mol. The minimum absolute atomic E-state index is 0.137. The van der Waals surface area contributed by atoms with Crippen molar-refractivity contribution in [3.05, 3.63) is 48.6 Å². The summed E-state index contributed by atoms with van der Waals surface area (Å²) in [5, 5.41) is 30.0. The van der Waals surface area contributed by atoms with E-state index in [1.165, 1.54) is 83.5 Å². The first-order valence-electron chi connectivity index (χ1n) is 20.8. The van der Waals surface area contributed by atoms with Crippen molar-refractivity contribution >= 4 is 11.9 Å². The summed E-state index contributed by atoms with van der Waals surface area (Å²) in [4.78, 5) is 24.0. The molecule has 0 radical (unpaired) electrons. The Hall–Kier alpha value is -2.22. The van der Waals surface area contributed by atoms with Crippen LogP contribution in [-0.4, -0.2) is 58.8 Å². The molecule has 0 bridgehead atoms. The first-order valence-corrected chi connectivity index (χ1v) is 20.8. The second-order valence-electron chi connectivity index (χ2n) is 14.6. The zero-order valence-corrected chi connectivity index (χ0v) is 33.0. The molecule has 0 aromatic heterocycles. The first-order chi connectivity index (χ1) is 24.7. The van der Waals surface area contributed by atoms with Gasteiger partial charge < -0.3 is 24.8 Å². The summed E-state index contributed by atoms with van der Waals surface area (Å²) in [6.07, 6.45) is 39.6. The van der Waals surface area contributed by atoms with E-state index in [0.29, 0.717) is 19.3 Å². The highest BCUT2D eigenvalue weighted by atomic mass is 16.6. The first kappa shape index (κ1) is 48.8. The standard InChI is InChI=1S/C44H78O7/c1-4-5-24-31-40(45)32-26-21-17-15-18-22-27-33-41(46)34-29-36-44(49)51-38-42(47)37-50-43(48)35-28-23-19-14-12-10-8-6-7-9-11-13-16-20-25-30-39(2)3/h17-18,21-22,26-27,32-33,39-42,45-47H,4-16,19-20,23-25,28-31,34-38H2,1-3H3/b21-17-,22-18-,32-26+,33-27+/t40-,41-,42+/m0/s1. The van der Waals surface area contributed by atoms with Gasteiger partial charge in [-0.25, -0.2) is 0 Å². The third-order valence-corrected chi connectivity index (χ3v) is 8.95. The Balaban J connectivity index is 3.64. The number of allylic oxidation sites excluding steroid dienone is 6. The van der Waals surface area contributed by atoms with Gasteiger partial charge in [0.05, 0.1) is 12.2 Å². The van der Waals surface area contributed by atoms with Crippen LogP contribution in [-0.2, 0) is 19.1 Å². The number of rotatable bonds is 36. The molecule has 3 N–H and O–H groups in total. The van der Waals surface area contributed by atoms with Gasteiger partial charge >= 0.3 is 11.9 Å². The SMILES string of the molecule is CCCCC[C@H](O)/C=C/C=C\C/C=C\C=C\[C@H](O)CCCC(=O)OC[C@H](O)COC(=O)CCCCCCCCCCCCCCCCCC(C)C. The summed E-state index contributed by atoms with van der Waals surface area (Å²) in [6, 6.07) is 0. The molecule has 0 aliphatic carbocycles. The fraction of sp³-hybridized carbons (Fsp3) is 0.773. The van der Waals surface area contributed by atoms with Crippen LogP contribution in [0.5, 0.6) is 0 Å². The minimum Gasteiger partial charge on any atom is -0.463 e. The lowest BCUT2D eigenvalue weighted by Crippen LogP contribution is -2.25. The van der Waals surface area contributed by atoms with Crippen molar-refractivity contribution in [2.75, 3.05) is 13.2 Å². The van der Waals surface area contributed by atoms with Crippen molar-refractivity contribution in [2.45, 2.75) is 200 Å². The number of hydrogen-bond acceptors (Lipinski definition) is 7. The molecule has 3 atom stereocenters. The number of hydrogen-bond donors (Lipinski definition) is 3. The lowest BCUT2D eigenvalue weighted by molar-refractivity contribution is -0.152. The summed E-state index contributed by atoms with van der Waals surface area (Å²) in [7, 11) is 0. The zero-order chi connectivity index (χ0) is 37.6. The van der Waals surface area contributed by atoms with Crippen molar-refractivity contribution in [2.24, 2.45) is 5.92 Å². The van der Waals surface area contributed by atoms with Crippen LogP contribution in [0, 0.1) is 5.92 Å². The molecule has 0 aliphatic heterocycles. The van der Waals surface area contributed by atoms with Gasteiger partial charge in [-0.1, -0.05) is 185 Å². The molecule has 51 heavy (non-hydrogen) atoms. The highest BCUT2D eigenvalue weighted by Crippen LogP contribution is 2.15. The number of carbonyl (C=O) groups is 2. The number of esters is 2. The maximum absolute atomic E-state index is 12.0. The van der Waals surface area contributed by atoms with Crippen LogP contribution in [0.25, 0.3) is 0 Å². The Kier molecular flexibility index (Phi) is 35.9. The molecule has 0 fully saturated rings. The third kappa shape index (κ3) is 38.8. The van der Waals surface area contributed by atoms with Gasteiger partial charge in [-0.2, -0.15) is 0 Å². The van der Waals surface area contributed by atoms with E-state index in [1.54, 1.807) is 12.2 Å². The monoisotopic (exact) mass is 719 g/mol. The van der Waals surface area contributed by atoms with Crippen molar-refractivity contribution < 1.29 is 34.4 Å². The van der Waals surface area contributed by atoms with E-state index in [0.717, 1.165) is 57.3 Å². The number of aliphatic hydroxyl groups is 3. The van der Waals surface area contributed by atoms with E-state index in [-0.39, 0.29) is 31.7 Å². The Morgan fingerprint density at radius 1 is 0.510 bits per heavy atom. The van der Waals surface area contributed by atoms with Gasteiger partial charge in [0.25, 0.3) is 0 Å². The van der Waals surface area contributed by atoms with E-state index in [1.807, 2.05) is 36.5 Å². The Bertz CT molecular complexity index is 907. The molecular formula is C44H78O7. The van der Waals surface area contributed by atoms with Crippen LogP contribution >= 0.6 is 0 Å². The van der Waals surface area contributed by atoms with Gasteiger partial charge in [-0.3, -0.25) is 9.59 Å². The summed E-state index contributed by atoms with van der Waals surface area (Å²) in [5.41, 5.74) is 0. The maximum Gasteiger partial charge on any atom is 0.305 e. The third-order valence-electron chi connectivity index (χ3n) is 8.95. The number of ether oxygens (including phenoxy) is 2. The van der Waals surface area contributed by atoms with E-state index < -0.39 is 18.2 Å². The normalized spacial score (nSPS) is 14.0. The Morgan fingerprint density at radius 2 is 0.902 bits per heavy atom. The molecule has 7 nitrogen and oxygen atoms in total. The molecule has 0 aromatic carbocycles. The van der Waals surface area contributed by atoms with Gasteiger partial charge in [0, 0.05) is 12.8 Å². The van der Waals surface area contributed by atoms with Gasteiger partial charge in [-0.05, 0) is 38.0 Å². The number of carbonyl (C=O) groups excluding carboxylic acids is 2. The summed E-state index contributed by atoms with van der Waals surface area (Å²) in [5.74, 6) is 0.0618. The van der Waals surface area contributed by atoms with Gasteiger partial charge in [0.1, 0.15) is 19.3 Å². The molecule has 0 rings (SSSR count). The number of unbranched alkanes of at least 4 members (excludes halogenated alkanes) is 16. The van der Waals surface area contributed by atoms with Gasteiger partial charge in [0.2, 0.25) is 0 Å². The lowest BCUT2D eigenvalue weighted by atomic mass is 10.0. The van der Waals surface area contributed by atoms with E-state index in [2.05, 4.69) is 20.8 Å². The van der Waals surface area contributed by atoms with E-state index >= 15 is 0 Å². The lowest BCUT2D eigenvalue weighted by Gasteiger charge is -2.12. The van der Waals surface area contributed by atoms with E-state index in [9.17, 15) is 24.9 Å². The molecule has 0 spiro atoms. The summed E-state index contributed by atoms with van der Waals surface area (Å²) in [6.45, 7) is 6.36. The topological polar surface area (TPSA) is 113 Å². The predicted octanol–water partition coefficient (Wildman–Crippen LogP) is 10.8. The average Bonchev–Trinajstić information content (AvgIpc) is 3.10. The molecule has 7 heteroatoms. The van der Waals surface area contributed by atoms with Crippen molar-refractivity contribution in [1.29, 1.82) is 0 Å². The summed E-state index contributed by atoms with van der Waals surface area (Å²) < 4.78 is 10.2. The fourth-order valence-corrected chi connectivity index (χ4v) is 5.72. The maximum atomic E-state index is 12.0. The molecule has 0 saturated heterocycles. The van der Waals surface area contributed by atoms with Crippen molar-refractivity contribution in [1.82, 2.24) is 0 Å². The highest BCUT2D eigenvalue weighted by Gasteiger charge is 2.12. The van der Waals surface area contributed by atoms with E-state index in [4.69, 9.17) is 9.47 Å². The Morgan fingerprint density at radius 3 is 1.35 bits per heavy atom. The van der Waals surface area contributed by atoms with Crippen LogP contribution < -0.4 is 0 Å². The Labute approximate surface area is 313 Å². The van der Waals surface area contributed by atoms with Crippen LogP contribution in [0.3, 0.4) is 0 Å². The molecule has 0 amide bonds. The molecule has 0 saturated carbocycles. The molecule has 0 heterocycles. The second-order valence-corrected chi connectivity index (χ2v) is 14.6. The molecule has 0 aliphatic rings. The molecule has 0 aromatic rings. The average molecular weight is 719 g/mol. The second kappa shape index (κ2) is 37.5. The smallest absolute Gasteiger partial charge is 0.305 e. The quantitative estimate of drug-likeness (QED) is 0.0336. The zero-order valence-electron chi connectivity index (χ0n) is 33.0. The molecule has 296 valence electrons. The fourth-order valence-electron chi connectivity index (χ4n) is 5.72. The van der Waals surface area contributed by atoms with Crippen molar-refractivity contribution in [3.63, 3.8) is 0 Å². The number of aliphatic hydroxyl groups excluding tert-OH is 3. The van der Waals surface area contributed by atoms with Crippen molar-refractivity contribution in [3.8, 4) is 0 Å². The molecule has 0 unspecified atom stereocenters. The van der Waals surface area contributed by atoms with Gasteiger partial charge in [0.15, 0.2) is 0 Å². The van der Waals surface area contributed by atoms with Crippen LogP contribution in [0.15, 0.2) is 48.6 Å². The summed E-state index contributed by atoms with van der Waals surface area (Å²) >= 11 is 0. The minimum atomic E-state index is -1.05. The predicted molar refractivity (Wildman–Crippen MR) is 212 cm³/mol. The largest absolute Gasteiger partial charge is 0.463 e. The van der Waals surface area contributed by atoms with Crippen LogP contribution in [0.4, 0.5) is 0 Å². The highest BCUT2D eigenvalue weighted by molar-refractivity contribution is 5.69. The van der Waals surface area contributed by atoms with Gasteiger partial charge in [-0.15, -0.1) is 0 Å². The van der Waals surface area contributed by atoms with Crippen LogP contribution in [0.1, 0.15) is 181 Å². The van der Waals surface area contributed by atoms with Crippen LogP contribution in [0.2, 0.25) is 0 Å².